The van der Waals surface area contributed by atoms with E-state index in [1.54, 1.807) is 0 Å². The highest BCUT2D eigenvalue weighted by Gasteiger charge is 2.44. The maximum Gasteiger partial charge on any atom is 0.156 e. The minimum atomic E-state index is -0.133. The number of hydrogen-bond acceptors (Lipinski definition) is 2. The molecule has 0 aromatic carbocycles. The molecular formula is C17H31NO. The van der Waals surface area contributed by atoms with Gasteiger partial charge in [0.25, 0.3) is 0 Å². The maximum atomic E-state index is 13.2. The highest BCUT2D eigenvalue weighted by molar-refractivity contribution is 5.90. The Labute approximate surface area is 118 Å². The molecule has 0 aromatic rings. The van der Waals surface area contributed by atoms with Gasteiger partial charge >= 0.3 is 0 Å². The van der Waals surface area contributed by atoms with Crippen LogP contribution in [0.5, 0.6) is 0 Å². The summed E-state index contributed by atoms with van der Waals surface area (Å²) in [7, 11) is 0. The maximum absolute atomic E-state index is 13.2. The van der Waals surface area contributed by atoms with Gasteiger partial charge in [-0.05, 0) is 51.6 Å². The smallest absolute Gasteiger partial charge is 0.156 e. The van der Waals surface area contributed by atoms with Crippen molar-refractivity contribution in [3.05, 3.63) is 0 Å². The molecule has 2 aliphatic rings. The summed E-state index contributed by atoms with van der Waals surface area (Å²) in [5, 5.41) is 0. The van der Waals surface area contributed by atoms with Gasteiger partial charge in [0.05, 0.1) is 5.54 Å². The Hall–Kier alpha value is -0.370. The van der Waals surface area contributed by atoms with Crippen molar-refractivity contribution in [1.29, 1.82) is 0 Å². The van der Waals surface area contributed by atoms with Crippen LogP contribution in [0.15, 0.2) is 0 Å². The van der Waals surface area contributed by atoms with Crippen molar-refractivity contribution in [2.45, 2.75) is 83.6 Å². The first kappa shape index (κ1) is 15.0. The lowest BCUT2D eigenvalue weighted by atomic mass is 9.77. The van der Waals surface area contributed by atoms with E-state index >= 15 is 0 Å². The van der Waals surface area contributed by atoms with Crippen molar-refractivity contribution < 1.29 is 4.79 Å². The molecule has 1 aliphatic heterocycles. The van der Waals surface area contributed by atoms with E-state index in [1.165, 1.54) is 38.5 Å². The number of carbonyl (C=O) groups is 1. The van der Waals surface area contributed by atoms with Crippen LogP contribution >= 0.6 is 0 Å². The van der Waals surface area contributed by atoms with Gasteiger partial charge in [0.15, 0.2) is 5.78 Å². The zero-order valence-electron chi connectivity index (χ0n) is 12.9. The molecule has 1 saturated heterocycles. The third-order valence-electron chi connectivity index (χ3n) is 5.57. The van der Waals surface area contributed by atoms with Gasteiger partial charge in [0.2, 0.25) is 0 Å². The number of hydrogen-bond donors (Lipinski definition) is 0. The van der Waals surface area contributed by atoms with E-state index in [2.05, 4.69) is 18.7 Å². The molecular weight excluding hydrogens is 234 g/mol. The van der Waals surface area contributed by atoms with Crippen LogP contribution in [0.2, 0.25) is 0 Å². The number of Topliss-reactive ketones (excluding diaryl/α,β-unsaturated/α-hetero) is 1. The van der Waals surface area contributed by atoms with E-state index in [-0.39, 0.29) is 5.54 Å². The molecule has 19 heavy (non-hydrogen) atoms. The Morgan fingerprint density at radius 3 is 1.95 bits per heavy atom. The molecule has 2 heteroatoms. The average Bonchev–Trinajstić information content (AvgIpc) is 2.84. The summed E-state index contributed by atoms with van der Waals surface area (Å²) in [6, 6.07) is 0. The summed E-state index contributed by atoms with van der Waals surface area (Å²) in [4.78, 5) is 15.7. The first-order valence-corrected chi connectivity index (χ1v) is 8.54. The number of likely N-dealkylation sites (tertiary alicyclic amines) is 1. The molecule has 0 radical (unpaired) electrons. The Morgan fingerprint density at radius 1 is 0.947 bits per heavy atom. The number of nitrogens with zero attached hydrogens (tertiary/aromatic N) is 1. The van der Waals surface area contributed by atoms with Crippen LogP contribution in [-0.4, -0.2) is 29.3 Å². The molecule has 110 valence electrons. The third-order valence-corrected chi connectivity index (χ3v) is 5.57. The predicted octanol–water partition coefficient (Wildman–Crippen LogP) is 4.18. The van der Waals surface area contributed by atoms with Gasteiger partial charge in [-0.2, -0.15) is 0 Å². The first-order valence-electron chi connectivity index (χ1n) is 8.54. The van der Waals surface area contributed by atoms with E-state index in [9.17, 15) is 4.79 Å². The Morgan fingerprint density at radius 2 is 1.47 bits per heavy atom. The predicted molar refractivity (Wildman–Crippen MR) is 80.3 cm³/mol. The van der Waals surface area contributed by atoms with Gasteiger partial charge in [0, 0.05) is 5.92 Å². The van der Waals surface area contributed by atoms with Crippen LogP contribution in [0.25, 0.3) is 0 Å². The SMILES string of the molecule is CCC(CC)(C(=O)C1CCCCCC1)N1CCCC1. The quantitative estimate of drug-likeness (QED) is 0.695. The Balaban J connectivity index is 2.14. The van der Waals surface area contributed by atoms with Gasteiger partial charge in [-0.1, -0.05) is 39.5 Å². The highest BCUT2D eigenvalue weighted by Crippen LogP contribution is 2.35. The molecule has 1 heterocycles. The minimum absolute atomic E-state index is 0.133. The fourth-order valence-electron chi connectivity index (χ4n) is 4.27. The van der Waals surface area contributed by atoms with Crippen LogP contribution in [0, 0.1) is 5.92 Å². The molecule has 0 aromatic heterocycles. The summed E-state index contributed by atoms with van der Waals surface area (Å²) in [6.07, 6.45) is 12.0. The second kappa shape index (κ2) is 6.88. The number of rotatable bonds is 5. The molecule has 0 atom stereocenters. The molecule has 0 spiro atoms. The van der Waals surface area contributed by atoms with E-state index < -0.39 is 0 Å². The highest BCUT2D eigenvalue weighted by atomic mass is 16.1. The van der Waals surface area contributed by atoms with Gasteiger partial charge in [0.1, 0.15) is 0 Å². The Bertz CT molecular complexity index is 282. The number of carbonyl (C=O) groups excluding carboxylic acids is 1. The Kier molecular flexibility index (Phi) is 5.44. The largest absolute Gasteiger partial charge is 0.297 e. The number of ketones is 1. The second-order valence-corrected chi connectivity index (χ2v) is 6.49. The lowest BCUT2D eigenvalue weighted by Gasteiger charge is -2.41. The zero-order chi connectivity index (χ0) is 13.7. The van der Waals surface area contributed by atoms with Crippen molar-refractivity contribution in [2.75, 3.05) is 13.1 Å². The molecule has 0 amide bonds. The molecule has 1 saturated carbocycles. The molecule has 0 unspecified atom stereocenters. The summed E-state index contributed by atoms with van der Waals surface area (Å²) >= 11 is 0. The van der Waals surface area contributed by atoms with E-state index in [0.717, 1.165) is 38.8 Å². The fraction of sp³-hybridized carbons (Fsp3) is 0.941. The van der Waals surface area contributed by atoms with Crippen LogP contribution in [0.3, 0.4) is 0 Å². The standard InChI is InChI=1S/C17H31NO/c1-3-17(4-2,18-13-9-10-14-18)16(19)15-11-7-5-6-8-12-15/h15H,3-14H2,1-2H3. The second-order valence-electron chi connectivity index (χ2n) is 6.49. The summed E-state index contributed by atoms with van der Waals surface area (Å²) < 4.78 is 0. The van der Waals surface area contributed by atoms with Crippen molar-refractivity contribution in [3.63, 3.8) is 0 Å². The van der Waals surface area contributed by atoms with E-state index in [1.807, 2.05) is 0 Å². The molecule has 2 nitrogen and oxygen atoms in total. The average molecular weight is 265 g/mol. The van der Waals surface area contributed by atoms with Crippen molar-refractivity contribution in [3.8, 4) is 0 Å². The molecule has 0 N–H and O–H groups in total. The summed E-state index contributed by atoms with van der Waals surface area (Å²) in [6.45, 7) is 6.72. The first-order chi connectivity index (χ1) is 9.24. The monoisotopic (exact) mass is 265 g/mol. The molecule has 2 fully saturated rings. The van der Waals surface area contributed by atoms with Gasteiger partial charge in [-0.3, -0.25) is 9.69 Å². The van der Waals surface area contributed by atoms with E-state index in [0.29, 0.717) is 11.7 Å². The molecule has 0 bridgehead atoms. The van der Waals surface area contributed by atoms with Crippen LogP contribution in [0.1, 0.15) is 78.1 Å². The van der Waals surface area contributed by atoms with E-state index in [4.69, 9.17) is 0 Å². The van der Waals surface area contributed by atoms with Crippen molar-refractivity contribution in [1.82, 2.24) is 4.90 Å². The molecule has 2 rings (SSSR count). The summed E-state index contributed by atoms with van der Waals surface area (Å²) in [5.74, 6) is 0.935. The van der Waals surface area contributed by atoms with Crippen LogP contribution in [-0.2, 0) is 4.79 Å². The van der Waals surface area contributed by atoms with Gasteiger partial charge in [-0.15, -0.1) is 0 Å². The van der Waals surface area contributed by atoms with Gasteiger partial charge < -0.3 is 0 Å². The lowest BCUT2D eigenvalue weighted by molar-refractivity contribution is -0.136. The molecule has 1 aliphatic carbocycles. The van der Waals surface area contributed by atoms with Crippen LogP contribution < -0.4 is 0 Å². The topological polar surface area (TPSA) is 20.3 Å². The van der Waals surface area contributed by atoms with Crippen LogP contribution in [0.4, 0.5) is 0 Å². The fourth-order valence-corrected chi connectivity index (χ4v) is 4.27. The normalized spacial score (nSPS) is 23.5. The van der Waals surface area contributed by atoms with Crippen molar-refractivity contribution >= 4 is 5.78 Å². The minimum Gasteiger partial charge on any atom is -0.297 e. The zero-order valence-corrected chi connectivity index (χ0v) is 12.9. The lowest BCUT2D eigenvalue weighted by Crippen LogP contribution is -2.54. The third kappa shape index (κ3) is 3.04. The summed E-state index contributed by atoms with van der Waals surface area (Å²) in [5.41, 5.74) is -0.133. The van der Waals surface area contributed by atoms with Crippen molar-refractivity contribution in [2.24, 2.45) is 5.92 Å². The van der Waals surface area contributed by atoms with Gasteiger partial charge in [-0.25, -0.2) is 0 Å².